The molecule has 0 bridgehead atoms. The van der Waals surface area contributed by atoms with E-state index >= 15 is 0 Å². The smallest absolute Gasteiger partial charge is 0.407 e. The van der Waals surface area contributed by atoms with E-state index in [0.717, 1.165) is 25.7 Å². The number of nitrogens with zero attached hydrogens (tertiary/aromatic N) is 1. The Hall–Kier alpha value is -0.910. The highest BCUT2D eigenvalue weighted by Gasteiger charge is 2.36. The van der Waals surface area contributed by atoms with Crippen molar-refractivity contribution >= 4 is 23.1 Å². The molecule has 3 atom stereocenters. The Bertz CT molecular complexity index is 324. The lowest BCUT2D eigenvalue weighted by molar-refractivity contribution is 0.0790. The number of fused-ring (bicyclic) bond motifs is 1. The van der Waals surface area contributed by atoms with Gasteiger partial charge >= 0.3 is 6.09 Å². The van der Waals surface area contributed by atoms with Crippen molar-refractivity contribution in [2.24, 2.45) is 17.6 Å². The zero-order valence-corrected chi connectivity index (χ0v) is 10.5. The number of primary amides is 1. The predicted molar refractivity (Wildman–Crippen MR) is 66.0 cm³/mol. The molecule has 3 N–H and O–H groups in total. The first-order chi connectivity index (χ1) is 8.06. The summed E-state index contributed by atoms with van der Waals surface area (Å²) in [6.07, 6.45) is 3.11. The maximum Gasteiger partial charge on any atom is 0.407 e. The van der Waals surface area contributed by atoms with Crippen LogP contribution < -0.4 is 5.73 Å². The van der Waals surface area contributed by atoms with Crippen LogP contribution in [0.25, 0.3) is 0 Å². The Morgan fingerprint density at radius 3 is 2.65 bits per heavy atom. The molecule has 0 aromatic rings. The molecule has 1 aliphatic heterocycles. The van der Waals surface area contributed by atoms with E-state index in [-0.39, 0.29) is 5.24 Å². The summed E-state index contributed by atoms with van der Waals surface area (Å²) in [6.45, 7) is 1.29. The molecule has 2 amide bonds. The van der Waals surface area contributed by atoms with Gasteiger partial charge in [0, 0.05) is 18.3 Å². The van der Waals surface area contributed by atoms with Crippen molar-refractivity contribution in [1.82, 2.24) is 4.90 Å². The highest BCUT2D eigenvalue weighted by molar-refractivity contribution is 8.14. The van der Waals surface area contributed by atoms with Crippen LogP contribution in [0.3, 0.4) is 0 Å². The average molecular weight is 258 g/mol. The van der Waals surface area contributed by atoms with Gasteiger partial charge in [-0.05, 0) is 37.5 Å². The number of hydrogen-bond donors (Lipinski definition) is 2. The molecule has 0 spiro atoms. The third-order valence-corrected chi connectivity index (χ3v) is 4.86. The van der Waals surface area contributed by atoms with Gasteiger partial charge in [0.25, 0.3) is 5.24 Å². The molecule has 17 heavy (non-hydrogen) atoms. The zero-order valence-electron chi connectivity index (χ0n) is 9.67. The second kappa shape index (κ2) is 5.16. The standard InChI is InChI=1S/C11H18N2O3S/c12-10(14)17-9-2-1-8-6-13(11(15)16)4-3-7(8)5-9/h7-9H,1-6H2,(H2,12,14)(H,15,16)/t7-,8-,9+/m1/s1. The molecule has 1 saturated carbocycles. The topological polar surface area (TPSA) is 83.6 Å². The first-order valence-corrected chi connectivity index (χ1v) is 6.88. The van der Waals surface area contributed by atoms with Crippen LogP contribution in [0.2, 0.25) is 0 Å². The van der Waals surface area contributed by atoms with E-state index in [2.05, 4.69) is 0 Å². The molecule has 5 nitrogen and oxygen atoms in total. The Morgan fingerprint density at radius 1 is 1.24 bits per heavy atom. The lowest BCUT2D eigenvalue weighted by atomic mass is 9.75. The number of amides is 2. The van der Waals surface area contributed by atoms with Gasteiger partial charge in [-0.1, -0.05) is 11.8 Å². The number of nitrogens with two attached hydrogens (primary N) is 1. The highest BCUT2D eigenvalue weighted by Crippen LogP contribution is 2.40. The molecule has 1 aliphatic carbocycles. The summed E-state index contributed by atoms with van der Waals surface area (Å²) < 4.78 is 0. The number of piperidine rings is 1. The number of hydrogen-bond acceptors (Lipinski definition) is 3. The SMILES string of the molecule is NC(=O)S[C@H]1CC[C@@H]2CN(C(=O)O)CC[C@@H]2C1. The second-order valence-corrected chi connectivity index (χ2v) is 6.21. The quantitative estimate of drug-likeness (QED) is 0.753. The highest BCUT2D eigenvalue weighted by atomic mass is 32.2. The van der Waals surface area contributed by atoms with E-state index in [1.54, 1.807) is 0 Å². The van der Waals surface area contributed by atoms with Crippen molar-refractivity contribution in [3.05, 3.63) is 0 Å². The van der Waals surface area contributed by atoms with Crippen LogP contribution in [0.15, 0.2) is 0 Å². The third kappa shape index (κ3) is 3.06. The van der Waals surface area contributed by atoms with E-state index < -0.39 is 6.09 Å². The molecular weight excluding hydrogens is 240 g/mol. The Labute approximate surface area is 105 Å². The van der Waals surface area contributed by atoms with Gasteiger partial charge in [-0.3, -0.25) is 4.79 Å². The molecule has 2 rings (SSSR count). The van der Waals surface area contributed by atoms with Gasteiger partial charge in [0.2, 0.25) is 0 Å². The lowest BCUT2D eigenvalue weighted by Gasteiger charge is -2.42. The zero-order chi connectivity index (χ0) is 12.4. The fraction of sp³-hybridized carbons (Fsp3) is 0.818. The van der Waals surface area contributed by atoms with Crippen LogP contribution in [-0.4, -0.2) is 39.7 Å². The molecule has 2 fully saturated rings. The first kappa shape index (κ1) is 12.5. The van der Waals surface area contributed by atoms with Gasteiger partial charge in [0.05, 0.1) is 0 Å². The van der Waals surface area contributed by atoms with Crippen LogP contribution in [-0.2, 0) is 0 Å². The minimum absolute atomic E-state index is 0.295. The van der Waals surface area contributed by atoms with Crippen molar-refractivity contribution in [2.75, 3.05) is 13.1 Å². The van der Waals surface area contributed by atoms with E-state index in [1.807, 2.05) is 0 Å². The van der Waals surface area contributed by atoms with Gasteiger partial charge in [0.1, 0.15) is 0 Å². The molecule has 0 unspecified atom stereocenters. The van der Waals surface area contributed by atoms with Crippen molar-refractivity contribution in [3.8, 4) is 0 Å². The first-order valence-electron chi connectivity index (χ1n) is 6.00. The van der Waals surface area contributed by atoms with Gasteiger partial charge in [-0.25, -0.2) is 4.79 Å². The van der Waals surface area contributed by atoms with E-state index in [9.17, 15) is 9.59 Å². The summed E-state index contributed by atoms with van der Waals surface area (Å²) >= 11 is 1.25. The monoisotopic (exact) mass is 258 g/mol. The Balaban J connectivity index is 1.88. The third-order valence-electron chi connectivity index (χ3n) is 3.87. The largest absolute Gasteiger partial charge is 0.465 e. The number of carboxylic acid groups (broad SMARTS) is 1. The lowest BCUT2D eigenvalue weighted by Crippen LogP contribution is -2.45. The minimum atomic E-state index is -0.808. The van der Waals surface area contributed by atoms with E-state index in [4.69, 9.17) is 10.8 Å². The maximum absolute atomic E-state index is 10.9. The second-order valence-electron chi connectivity index (χ2n) is 4.91. The molecule has 96 valence electrons. The van der Waals surface area contributed by atoms with Crippen molar-refractivity contribution in [1.29, 1.82) is 0 Å². The predicted octanol–water partition coefficient (Wildman–Crippen LogP) is 1.97. The van der Waals surface area contributed by atoms with Crippen molar-refractivity contribution < 1.29 is 14.7 Å². The molecule has 2 aliphatic rings. The maximum atomic E-state index is 10.9. The number of likely N-dealkylation sites (tertiary alicyclic amines) is 1. The van der Waals surface area contributed by atoms with E-state index in [0.29, 0.717) is 30.2 Å². The Morgan fingerprint density at radius 2 is 2.00 bits per heavy atom. The number of carbonyl (C=O) groups excluding carboxylic acids is 1. The number of rotatable bonds is 1. The average Bonchev–Trinajstić information content (AvgIpc) is 2.27. The van der Waals surface area contributed by atoms with Gasteiger partial charge in [0.15, 0.2) is 0 Å². The molecule has 0 aromatic heterocycles. The molecule has 1 heterocycles. The number of carbonyl (C=O) groups is 2. The fourth-order valence-corrected chi connectivity index (χ4v) is 3.94. The van der Waals surface area contributed by atoms with Crippen LogP contribution in [0, 0.1) is 11.8 Å². The fourth-order valence-electron chi connectivity index (χ4n) is 3.02. The minimum Gasteiger partial charge on any atom is -0.465 e. The molecule has 6 heteroatoms. The molecular formula is C11H18N2O3S. The van der Waals surface area contributed by atoms with Crippen LogP contribution in [0.5, 0.6) is 0 Å². The summed E-state index contributed by atoms with van der Waals surface area (Å²) in [5, 5.41) is 9.00. The van der Waals surface area contributed by atoms with Gasteiger partial charge < -0.3 is 15.7 Å². The summed E-state index contributed by atoms with van der Waals surface area (Å²) in [5.74, 6) is 1.04. The summed E-state index contributed by atoms with van der Waals surface area (Å²) in [5.41, 5.74) is 5.19. The van der Waals surface area contributed by atoms with Gasteiger partial charge in [-0.15, -0.1) is 0 Å². The summed E-state index contributed by atoms with van der Waals surface area (Å²) in [7, 11) is 0. The number of thioether (sulfide) groups is 1. The van der Waals surface area contributed by atoms with Crippen molar-refractivity contribution in [2.45, 2.75) is 30.9 Å². The molecule has 1 saturated heterocycles. The van der Waals surface area contributed by atoms with Crippen molar-refractivity contribution in [3.63, 3.8) is 0 Å². The Kier molecular flexibility index (Phi) is 3.81. The summed E-state index contributed by atoms with van der Waals surface area (Å²) in [6, 6.07) is 0. The van der Waals surface area contributed by atoms with E-state index in [1.165, 1.54) is 16.7 Å². The van der Waals surface area contributed by atoms with Crippen LogP contribution in [0.4, 0.5) is 9.59 Å². The molecule has 0 aromatic carbocycles. The molecule has 0 radical (unpaired) electrons. The van der Waals surface area contributed by atoms with Crippen LogP contribution >= 0.6 is 11.8 Å². The summed E-state index contributed by atoms with van der Waals surface area (Å²) in [4.78, 5) is 23.3. The van der Waals surface area contributed by atoms with Gasteiger partial charge in [-0.2, -0.15) is 0 Å². The van der Waals surface area contributed by atoms with Crippen LogP contribution in [0.1, 0.15) is 25.7 Å². The normalized spacial score (nSPS) is 32.9.